The highest BCUT2D eigenvalue weighted by Crippen LogP contribution is 2.20. The van der Waals surface area contributed by atoms with E-state index in [1.807, 2.05) is 0 Å². The molecule has 1 aromatic heterocycles. The third-order valence-electron chi connectivity index (χ3n) is 1.69. The van der Waals surface area contributed by atoms with Gasteiger partial charge in [0.15, 0.2) is 0 Å². The Hall–Kier alpha value is -1.44. The maximum Gasteiger partial charge on any atom is 0.330 e. The molecule has 0 saturated carbocycles. The molecule has 1 N–H and O–H groups in total. The first kappa shape index (κ1) is 11.6. The van der Waals surface area contributed by atoms with Crippen molar-refractivity contribution >= 4 is 22.3 Å². The Morgan fingerprint density at radius 3 is 2.93 bits per heavy atom. The van der Waals surface area contributed by atoms with Crippen molar-refractivity contribution in [1.82, 2.24) is 9.78 Å². The van der Waals surface area contributed by atoms with Crippen LogP contribution in [0, 0.1) is 10.1 Å². The Bertz CT molecular complexity index is 390. The third kappa shape index (κ3) is 3.31. The molecule has 1 atom stereocenters. The summed E-state index contributed by atoms with van der Waals surface area (Å²) in [7, 11) is 0.691. The Labute approximate surface area is 89.1 Å². The standard InChI is InChI=1S/C7H12N4O3S/c1-10-5-6(11(12)13)7(9-10)8-3-4-15(2)14/h5H,3-4H2,1-2H3,(H,8,9). The fraction of sp³-hybridized carbons (Fsp3) is 0.571. The fourth-order valence-corrected chi connectivity index (χ4v) is 1.44. The van der Waals surface area contributed by atoms with E-state index < -0.39 is 15.7 Å². The molecule has 7 nitrogen and oxygen atoms in total. The van der Waals surface area contributed by atoms with Crippen LogP contribution in [0.1, 0.15) is 0 Å². The molecule has 0 aliphatic rings. The molecule has 84 valence electrons. The zero-order chi connectivity index (χ0) is 11.4. The quantitative estimate of drug-likeness (QED) is 0.575. The number of nitrogens with one attached hydrogen (secondary N) is 1. The molecule has 0 radical (unpaired) electrons. The molecule has 0 aliphatic heterocycles. The monoisotopic (exact) mass is 232 g/mol. The van der Waals surface area contributed by atoms with Crippen molar-refractivity contribution in [1.29, 1.82) is 0 Å². The van der Waals surface area contributed by atoms with Gasteiger partial charge in [0.2, 0.25) is 5.82 Å². The summed E-state index contributed by atoms with van der Waals surface area (Å²) >= 11 is 0. The number of nitrogens with zero attached hydrogens (tertiary/aromatic N) is 3. The summed E-state index contributed by atoms with van der Waals surface area (Å²) in [5, 5.41) is 17.3. The number of anilines is 1. The first-order valence-corrected chi connectivity index (χ1v) is 5.95. The van der Waals surface area contributed by atoms with Crippen LogP contribution in [0.5, 0.6) is 0 Å². The van der Waals surface area contributed by atoms with Gasteiger partial charge in [0.1, 0.15) is 6.20 Å². The largest absolute Gasteiger partial charge is 0.362 e. The van der Waals surface area contributed by atoms with Crippen molar-refractivity contribution in [3.8, 4) is 0 Å². The second-order valence-corrected chi connectivity index (χ2v) is 4.55. The maximum absolute atomic E-state index is 10.8. The number of aromatic nitrogens is 2. The van der Waals surface area contributed by atoms with Gasteiger partial charge in [-0.05, 0) is 0 Å². The van der Waals surface area contributed by atoms with Crippen molar-refractivity contribution in [3.05, 3.63) is 16.3 Å². The van der Waals surface area contributed by atoms with Crippen LogP contribution in [-0.4, -0.2) is 37.5 Å². The summed E-state index contributed by atoms with van der Waals surface area (Å²) < 4.78 is 12.1. The lowest BCUT2D eigenvalue weighted by Crippen LogP contribution is -2.11. The molecule has 0 aliphatic carbocycles. The predicted molar refractivity (Wildman–Crippen MR) is 57.3 cm³/mol. The zero-order valence-corrected chi connectivity index (χ0v) is 9.28. The highest BCUT2D eigenvalue weighted by atomic mass is 32.2. The topological polar surface area (TPSA) is 90.1 Å². The van der Waals surface area contributed by atoms with Gasteiger partial charge >= 0.3 is 5.69 Å². The first-order chi connectivity index (χ1) is 7.00. The van der Waals surface area contributed by atoms with E-state index in [9.17, 15) is 14.3 Å². The zero-order valence-electron chi connectivity index (χ0n) is 8.47. The van der Waals surface area contributed by atoms with Crippen LogP contribution in [-0.2, 0) is 17.8 Å². The number of aryl methyl sites for hydroxylation is 1. The van der Waals surface area contributed by atoms with Crippen LogP contribution in [0.15, 0.2) is 6.20 Å². The predicted octanol–water partition coefficient (Wildman–Crippen LogP) is 0.119. The van der Waals surface area contributed by atoms with Crippen LogP contribution in [0.3, 0.4) is 0 Å². The van der Waals surface area contributed by atoms with E-state index in [0.29, 0.717) is 12.3 Å². The summed E-state index contributed by atoms with van der Waals surface area (Å²) in [5.41, 5.74) is -0.0700. The van der Waals surface area contributed by atoms with E-state index in [-0.39, 0.29) is 11.5 Å². The van der Waals surface area contributed by atoms with Gasteiger partial charge in [-0.2, -0.15) is 0 Å². The Balaban J connectivity index is 2.67. The molecule has 1 aromatic rings. The molecule has 1 unspecified atom stereocenters. The minimum Gasteiger partial charge on any atom is -0.362 e. The summed E-state index contributed by atoms with van der Waals surface area (Å²) in [5.74, 6) is 0.654. The van der Waals surface area contributed by atoms with Crippen LogP contribution >= 0.6 is 0 Å². The summed E-state index contributed by atoms with van der Waals surface area (Å²) in [6.45, 7) is 0.404. The lowest BCUT2D eigenvalue weighted by molar-refractivity contribution is -0.384. The van der Waals surface area contributed by atoms with Gasteiger partial charge in [0.25, 0.3) is 0 Å². The molecule has 1 heterocycles. The maximum atomic E-state index is 10.8. The van der Waals surface area contributed by atoms with Crippen LogP contribution in [0.4, 0.5) is 11.5 Å². The average molecular weight is 232 g/mol. The second-order valence-electron chi connectivity index (χ2n) is 3.00. The van der Waals surface area contributed by atoms with E-state index in [0.717, 1.165) is 0 Å². The van der Waals surface area contributed by atoms with Gasteiger partial charge in [-0.1, -0.05) is 0 Å². The lowest BCUT2D eigenvalue weighted by Gasteiger charge is -1.99. The molecule has 1 rings (SSSR count). The Morgan fingerprint density at radius 2 is 2.40 bits per heavy atom. The Morgan fingerprint density at radius 1 is 1.73 bits per heavy atom. The Kier molecular flexibility index (Phi) is 3.78. The molecule has 8 heteroatoms. The molecule has 0 spiro atoms. The second kappa shape index (κ2) is 4.87. The molecule has 0 fully saturated rings. The highest BCUT2D eigenvalue weighted by Gasteiger charge is 2.17. The van der Waals surface area contributed by atoms with Crippen molar-refractivity contribution < 1.29 is 9.13 Å². The normalized spacial score (nSPS) is 12.4. The number of hydrogen-bond acceptors (Lipinski definition) is 5. The van der Waals surface area contributed by atoms with E-state index >= 15 is 0 Å². The van der Waals surface area contributed by atoms with Crippen molar-refractivity contribution in [2.24, 2.45) is 7.05 Å². The molecular formula is C7H12N4O3S. The van der Waals surface area contributed by atoms with Crippen molar-refractivity contribution in [3.63, 3.8) is 0 Å². The third-order valence-corrected chi connectivity index (χ3v) is 2.47. The lowest BCUT2D eigenvalue weighted by atomic mass is 10.5. The number of rotatable bonds is 5. The summed E-state index contributed by atoms with van der Waals surface area (Å²) in [6, 6.07) is 0. The minimum atomic E-state index is -0.917. The van der Waals surface area contributed by atoms with E-state index in [1.54, 1.807) is 13.3 Å². The van der Waals surface area contributed by atoms with E-state index in [2.05, 4.69) is 10.4 Å². The SMILES string of the molecule is Cn1cc([N+](=O)[O-])c(NCCS(C)=O)n1. The van der Waals surface area contributed by atoms with Gasteiger partial charge < -0.3 is 5.32 Å². The number of hydrogen-bond donors (Lipinski definition) is 1. The smallest absolute Gasteiger partial charge is 0.330 e. The van der Waals surface area contributed by atoms with Gasteiger partial charge in [-0.15, -0.1) is 5.10 Å². The van der Waals surface area contributed by atoms with Gasteiger partial charge in [-0.3, -0.25) is 19.0 Å². The minimum absolute atomic E-state index is 0.0700. The molecule has 0 aromatic carbocycles. The van der Waals surface area contributed by atoms with E-state index in [1.165, 1.54) is 10.9 Å². The molecule has 0 saturated heterocycles. The molecular weight excluding hydrogens is 220 g/mol. The molecule has 0 amide bonds. The van der Waals surface area contributed by atoms with Crippen molar-refractivity contribution in [2.45, 2.75) is 0 Å². The fourth-order valence-electron chi connectivity index (χ4n) is 1.05. The molecule has 15 heavy (non-hydrogen) atoms. The first-order valence-electron chi connectivity index (χ1n) is 4.22. The van der Waals surface area contributed by atoms with Crippen LogP contribution in [0.25, 0.3) is 0 Å². The number of nitro groups is 1. The summed E-state index contributed by atoms with van der Waals surface area (Å²) in [6.07, 6.45) is 2.90. The highest BCUT2D eigenvalue weighted by molar-refractivity contribution is 7.84. The van der Waals surface area contributed by atoms with Gasteiger partial charge in [0.05, 0.1) is 4.92 Å². The van der Waals surface area contributed by atoms with Gasteiger partial charge in [-0.25, -0.2) is 0 Å². The van der Waals surface area contributed by atoms with Crippen LogP contribution in [0.2, 0.25) is 0 Å². The van der Waals surface area contributed by atoms with Gasteiger partial charge in [0, 0.05) is 36.4 Å². The van der Waals surface area contributed by atoms with E-state index in [4.69, 9.17) is 0 Å². The van der Waals surface area contributed by atoms with Crippen molar-refractivity contribution in [2.75, 3.05) is 23.9 Å². The van der Waals surface area contributed by atoms with Crippen LogP contribution < -0.4 is 5.32 Å². The average Bonchev–Trinajstić information content (AvgIpc) is 2.46. The summed E-state index contributed by atoms with van der Waals surface area (Å²) in [4.78, 5) is 10.1. The molecule has 0 bridgehead atoms.